The molecule has 2 nitrogen and oxygen atoms in total. The Kier molecular flexibility index (Phi) is 6.20. The van der Waals surface area contributed by atoms with Crippen molar-refractivity contribution in [1.82, 2.24) is 4.90 Å². The van der Waals surface area contributed by atoms with Crippen molar-refractivity contribution in [1.29, 1.82) is 0 Å². The second kappa shape index (κ2) is 7.17. The van der Waals surface area contributed by atoms with Gasteiger partial charge in [0, 0.05) is 25.2 Å². The highest BCUT2D eigenvalue weighted by molar-refractivity contribution is 6.17. The van der Waals surface area contributed by atoms with Gasteiger partial charge in [0.15, 0.2) is 0 Å². The zero-order valence-corrected chi connectivity index (χ0v) is 11.1. The Morgan fingerprint density at radius 3 is 2.59 bits per heavy atom. The first-order valence-electron chi connectivity index (χ1n) is 5.43. The van der Waals surface area contributed by atoms with Gasteiger partial charge < -0.3 is 4.74 Å². The van der Waals surface area contributed by atoms with Crippen molar-refractivity contribution in [2.24, 2.45) is 0 Å². The molecule has 96 valence electrons. The first-order chi connectivity index (χ1) is 7.79. The average molecular weight is 280 g/mol. The van der Waals surface area contributed by atoms with Gasteiger partial charge in [0.1, 0.15) is 5.82 Å². The summed E-state index contributed by atoms with van der Waals surface area (Å²) in [4.78, 5) is 2.26. The first-order valence-corrected chi connectivity index (χ1v) is 5.96. The molecule has 1 heterocycles. The molecule has 1 aromatic carbocycles. The molecule has 1 aromatic rings. The van der Waals surface area contributed by atoms with Crippen LogP contribution in [0.4, 0.5) is 4.39 Å². The van der Waals surface area contributed by atoms with E-state index in [9.17, 15) is 4.39 Å². The van der Waals surface area contributed by atoms with Gasteiger partial charge in [0.05, 0.1) is 19.1 Å². The third-order valence-corrected chi connectivity index (χ3v) is 3.06. The van der Waals surface area contributed by atoms with Crippen molar-refractivity contribution in [3.8, 4) is 0 Å². The Labute approximate surface area is 112 Å². The second-order valence-electron chi connectivity index (χ2n) is 3.95. The molecule has 0 atom stereocenters. The van der Waals surface area contributed by atoms with E-state index in [1.54, 1.807) is 12.1 Å². The van der Waals surface area contributed by atoms with E-state index in [0.717, 1.165) is 38.4 Å². The summed E-state index contributed by atoms with van der Waals surface area (Å²) >= 11 is 5.61. The number of ether oxygens (including phenoxy) is 1. The third-order valence-electron chi connectivity index (χ3n) is 2.77. The van der Waals surface area contributed by atoms with Crippen LogP contribution in [0.1, 0.15) is 11.1 Å². The summed E-state index contributed by atoms with van der Waals surface area (Å²) in [6, 6.07) is 5.28. The summed E-state index contributed by atoms with van der Waals surface area (Å²) < 4.78 is 18.7. The van der Waals surface area contributed by atoms with Crippen LogP contribution in [0.15, 0.2) is 18.2 Å². The van der Waals surface area contributed by atoms with Crippen molar-refractivity contribution in [2.75, 3.05) is 26.3 Å². The van der Waals surface area contributed by atoms with Gasteiger partial charge in [-0.1, -0.05) is 12.1 Å². The highest BCUT2D eigenvalue weighted by Crippen LogP contribution is 2.14. The lowest BCUT2D eigenvalue weighted by atomic mass is 10.1. The normalized spacial score (nSPS) is 16.6. The van der Waals surface area contributed by atoms with E-state index in [4.69, 9.17) is 16.3 Å². The van der Waals surface area contributed by atoms with Gasteiger partial charge in [-0.2, -0.15) is 0 Å². The number of hydrogen-bond acceptors (Lipinski definition) is 2. The smallest absolute Gasteiger partial charge is 0.127 e. The van der Waals surface area contributed by atoms with Crippen LogP contribution in [-0.4, -0.2) is 31.2 Å². The molecule has 0 saturated carbocycles. The van der Waals surface area contributed by atoms with Gasteiger partial charge in [0.25, 0.3) is 0 Å². The summed E-state index contributed by atoms with van der Waals surface area (Å²) in [7, 11) is 0. The molecular weight excluding hydrogens is 264 g/mol. The Balaban J connectivity index is 0.00000144. The summed E-state index contributed by atoms with van der Waals surface area (Å²) in [5, 5.41) is 0. The standard InChI is InChI=1S/C12H15ClFNO.ClH/c13-8-11-2-1-10(7-12(11)14)9-15-3-5-16-6-4-15;/h1-2,7H,3-6,8-9H2;1H. The molecule has 1 aliphatic rings. The van der Waals surface area contributed by atoms with E-state index in [2.05, 4.69) is 4.90 Å². The van der Waals surface area contributed by atoms with Crippen molar-refractivity contribution in [3.05, 3.63) is 35.1 Å². The molecule has 0 aromatic heterocycles. The molecule has 0 N–H and O–H groups in total. The topological polar surface area (TPSA) is 12.5 Å². The monoisotopic (exact) mass is 279 g/mol. The number of halogens is 3. The van der Waals surface area contributed by atoms with Crippen LogP contribution in [0.3, 0.4) is 0 Å². The largest absolute Gasteiger partial charge is 0.379 e. The van der Waals surface area contributed by atoms with Gasteiger partial charge >= 0.3 is 0 Å². The summed E-state index contributed by atoms with van der Waals surface area (Å²) in [5.41, 5.74) is 1.56. The van der Waals surface area contributed by atoms with Crippen LogP contribution in [0.5, 0.6) is 0 Å². The maximum absolute atomic E-state index is 13.5. The Morgan fingerprint density at radius 2 is 2.00 bits per heavy atom. The molecule has 0 bridgehead atoms. The van der Waals surface area contributed by atoms with Crippen LogP contribution < -0.4 is 0 Å². The van der Waals surface area contributed by atoms with Crippen LogP contribution in [-0.2, 0) is 17.2 Å². The minimum Gasteiger partial charge on any atom is -0.379 e. The maximum atomic E-state index is 13.5. The molecule has 0 amide bonds. The minimum absolute atomic E-state index is 0. The van der Waals surface area contributed by atoms with Crippen molar-refractivity contribution < 1.29 is 9.13 Å². The molecule has 0 aliphatic carbocycles. The van der Waals surface area contributed by atoms with Crippen molar-refractivity contribution in [3.63, 3.8) is 0 Å². The van der Waals surface area contributed by atoms with E-state index >= 15 is 0 Å². The van der Waals surface area contributed by atoms with E-state index in [1.807, 2.05) is 6.07 Å². The molecule has 1 saturated heterocycles. The van der Waals surface area contributed by atoms with Crippen LogP contribution in [0, 0.1) is 5.82 Å². The van der Waals surface area contributed by atoms with E-state index in [1.165, 1.54) is 0 Å². The van der Waals surface area contributed by atoms with Gasteiger partial charge in [-0.25, -0.2) is 4.39 Å². The zero-order valence-electron chi connectivity index (χ0n) is 9.49. The van der Waals surface area contributed by atoms with Gasteiger partial charge in [-0.15, -0.1) is 24.0 Å². The molecule has 0 spiro atoms. The third kappa shape index (κ3) is 4.11. The predicted octanol–water partition coefficient (Wildman–Crippen LogP) is 2.82. The fourth-order valence-corrected chi connectivity index (χ4v) is 2.03. The van der Waals surface area contributed by atoms with Gasteiger partial charge in [-0.3, -0.25) is 4.90 Å². The second-order valence-corrected chi connectivity index (χ2v) is 4.22. The number of hydrogen-bond donors (Lipinski definition) is 0. The lowest BCUT2D eigenvalue weighted by molar-refractivity contribution is 0.0341. The summed E-state index contributed by atoms with van der Waals surface area (Å²) in [6.07, 6.45) is 0. The van der Waals surface area contributed by atoms with Gasteiger partial charge in [0.2, 0.25) is 0 Å². The lowest BCUT2D eigenvalue weighted by Gasteiger charge is -2.26. The predicted molar refractivity (Wildman–Crippen MR) is 69.3 cm³/mol. The summed E-state index contributed by atoms with van der Waals surface area (Å²) in [6.45, 7) is 4.14. The fourth-order valence-electron chi connectivity index (χ4n) is 1.82. The Hall–Kier alpha value is -0.350. The Morgan fingerprint density at radius 1 is 1.29 bits per heavy atom. The van der Waals surface area contributed by atoms with Crippen molar-refractivity contribution >= 4 is 24.0 Å². The molecule has 2 rings (SSSR count). The van der Waals surface area contributed by atoms with E-state index in [0.29, 0.717) is 5.56 Å². The maximum Gasteiger partial charge on any atom is 0.127 e. The molecular formula is C12H16Cl2FNO. The number of nitrogens with zero attached hydrogens (tertiary/aromatic N) is 1. The van der Waals surface area contributed by atoms with Crippen LogP contribution >= 0.6 is 24.0 Å². The molecule has 17 heavy (non-hydrogen) atoms. The van der Waals surface area contributed by atoms with Crippen LogP contribution in [0.2, 0.25) is 0 Å². The summed E-state index contributed by atoms with van der Waals surface area (Å²) in [5.74, 6) is 0.0182. The van der Waals surface area contributed by atoms with Crippen molar-refractivity contribution in [2.45, 2.75) is 12.4 Å². The number of morpholine rings is 1. The van der Waals surface area contributed by atoms with E-state index in [-0.39, 0.29) is 24.1 Å². The quantitative estimate of drug-likeness (QED) is 0.789. The Bertz CT molecular complexity index is 356. The fraction of sp³-hybridized carbons (Fsp3) is 0.500. The average Bonchev–Trinajstić information content (AvgIpc) is 2.31. The first kappa shape index (κ1) is 14.7. The number of benzene rings is 1. The molecule has 1 aliphatic heterocycles. The number of rotatable bonds is 3. The minimum atomic E-state index is -0.208. The highest BCUT2D eigenvalue weighted by Gasteiger charge is 2.11. The molecule has 0 radical (unpaired) electrons. The lowest BCUT2D eigenvalue weighted by Crippen LogP contribution is -2.35. The van der Waals surface area contributed by atoms with E-state index < -0.39 is 0 Å². The number of alkyl halides is 1. The van der Waals surface area contributed by atoms with Crippen LogP contribution in [0.25, 0.3) is 0 Å². The highest BCUT2D eigenvalue weighted by atomic mass is 35.5. The zero-order chi connectivity index (χ0) is 11.4. The van der Waals surface area contributed by atoms with Gasteiger partial charge in [-0.05, 0) is 11.6 Å². The molecule has 5 heteroatoms. The SMILES string of the molecule is Cl.Fc1cc(CN2CCOCC2)ccc1CCl. The molecule has 0 unspecified atom stereocenters. The molecule has 1 fully saturated rings.